The van der Waals surface area contributed by atoms with Gasteiger partial charge in [0.1, 0.15) is 17.6 Å². The van der Waals surface area contributed by atoms with Gasteiger partial charge in [-0.1, -0.05) is 19.9 Å². The number of hydrogen-bond donors (Lipinski definition) is 2. The summed E-state index contributed by atoms with van der Waals surface area (Å²) < 4.78 is 0. The van der Waals surface area contributed by atoms with Gasteiger partial charge < -0.3 is 10.6 Å². The van der Waals surface area contributed by atoms with Crippen LogP contribution in [-0.2, 0) is 4.79 Å². The Hall–Kier alpha value is -2.09. The molecule has 1 amide bonds. The SMILES string of the molecule is CC(C)CNC(=O)CNc1cccc(C#N)n1. The molecule has 90 valence electrons. The fourth-order valence-electron chi connectivity index (χ4n) is 1.15. The Morgan fingerprint density at radius 1 is 1.53 bits per heavy atom. The molecule has 0 fully saturated rings. The molecule has 0 aliphatic heterocycles. The maximum absolute atomic E-state index is 11.4. The normalized spacial score (nSPS) is 9.76. The molecule has 0 saturated heterocycles. The number of nitriles is 1. The highest BCUT2D eigenvalue weighted by Gasteiger charge is 2.02. The van der Waals surface area contributed by atoms with Crippen LogP contribution in [0.4, 0.5) is 5.82 Å². The number of amides is 1. The number of rotatable bonds is 5. The van der Waals surface area contributed by atoms with E-state index in [4.69, 9.17) is 5.26 Å². The van der Waals surface area contributed by atoms with E-state index in [9.17, 15) is 4.79 Å². The molecule has 0 aliphatic rings. The van der Waals surface area contributed by atoms with Gasteiger partial charge >= 0.3 is 0 Å². The van der Waals surface area contributed by atoms with Gasteiger partial charge in [0.15, 0.2) is 0 Å². The second-order valence-electron chi connectivity index (χ2n) is 4.07. The molecule has 1 heterocycles. The van der Waals surface area contributed by atoms with Gasteiger partial charge in [-0.05, 0) is 18.1 Å². The molecule has 5 heteroatoms. The molecule has 2 N–H and O–H groups in total. The third kappa shape index (κ3) is 4.98. The summed E-state index contributed by atoms with van der Waals surface area (Å²) in [5.41, 5.74) is 0.331. The summed E-state index contributed by atoms with van der Waals surface area (Å²) in [5.74, 6) is 0.880. The highest BCUT2D eigenvalue weighted by Crippen LogP contribution is 2.02. The average Bonchev–Trinajstić information content (AvgIpc) is 2.34. The van der Waals surface area contributed by atoms with Crippen LogP contribution in [0, 0.1) is 17.2 Å². The standard InChI is InChI=1S/C12H16N4O/c1-9(2)7-15-12(17)8-14-11-5-3-4-10(6-13)16-11/h3-5,9H,7-8H2,1-2H3,(H,14,16)(H,15,17). The summed E-state index contributed by atoms with van der Waals surface area (Å²) in [6, 6.07) is 7.00. The number of anilines is 1. The molecular weight excluding hydrogens is 216 g/mol. The largest absolute Gasteiger partial charge is 0.361 e. The first kappa shape index (κ1) is 13.0. The molecule has 0 aliphatic carbocycles. The van der Waals surface area contributed by atoms with Crippen molar-refractivity contribution < 1.29 is 4.79 Å². The first-order valence-electron chi connectivity index (χ1n) is 5.49. The molecule has 1 rings (SSSR count). The Bertz CT molecular complexity index is 423. The first-order valence-corrected chi connectivity index (χ1v) is 5.49. The molecule has 0 bridgehead atoms. The topological polar surface area (TPSA) is 77.8 Å². The lowest BCUT2D eigenvalue weighted by Gasteiger charge is -2.08. The van der Waals surface area contributed by atoms with E-state index in [1.165, 1.54) is 0 Å². The van der Waals surface area contributed by atoms with Crippen LogP contribution < -0.4 is 10.6 Å². The number of nitrogens with zero attached hydrogens (tertiary/aromatic N) is 2. The number of carbonyl (C=O) groups excluding carboxylic acids is 1. The Kier molecular flexibility index (Phi) is 4.95. The van der Waals surface area contributed by atoms with Crippen LogP contribution >= 0.6 is 0 Å². The van der Waals surface area contributed by atoms with Crippen LogP contribution in [0.2, 0.25) is 0 Å². The maximum atomic E-state index is 11.4. The Balaban J connectivity index is 2.40. The van der Waals surface area contributed by atoms with Crippen LogP contribution in [0.3, 0.4) is 0 Å². The van der Waals surface area contributed by atoms with Crippen molar-refractivity contribution in [2.24, 2.45) is 5.92 Å². The molecule has 0 atom stereocenters. The van der Waals surface area contributed by atoms with Gasteiger partial charge in [0, 0.05) is 6.54 Å². The number of carbonyl (C=O) groups is 1. The fourth-order valence-corrected chi connectivity index (χ4v) is 1.15. The maximum Gasteiger partial charge on any atom is 0.239 e. The van der Waals surface area contributed by atoms with Gasteiger partial charge in [0.05, 0.1) is 6.54 Å². The molecular formula is C12H16N4O. The summed E-state index contributed by atoms with van der Waals surface area (Å²) in [4.78, 5) is 15.4. The van der Waals surface area contributed by atoms with Crippen molar-refractivity contribution in [1.29, 1.82) is 5.26 Å². The summed E-state index contributed by atoms with van der Waals surface area (Å²) >= 11 is 0. The van der Waals surface area contributed by atoms with Crippen LogP contribution in [0.5, 0.6) is 0 Å². The fraction of sp³-hybridized carbons (Fsp3) is 0.417. The molecule has 0 spiro atoms. The zero-order chi connectivity index (χ0) is 12.7. The Morgan fingerprint density at radius 2 is 2.29 bits per heavy atom. The highest BCUT2D eigenvalue weighted by atomic mass is 16.1. The minimum absolute atomic E-state index is 0.0807. The molecule has 17 heavy (non-hydrogen) atoms. The van der Waals surface area contributed by atoms with Crippen LogP contribution in [-0.4, -0.2) is 24.0 Å². The van der Waals surface area contributed by atoms with E-state index in [-0.39, 0.29) is 12.5 Å². The molecule has 1 aromatic rings. The van der Waals surface area contributed by atoms with E-state index in [0.717, 1.165) is 0 Å². The van der Waals surface area contributed by atoms with Crippen LogP contribution in [0.1, 0.15) is 19.5 Å². The van der Waals surface area contributed by atoms with Gasteiger partial charge in [0.2, 0.25) is 5.91 Å². The molecule has 0 aromatic carbocycles. The Morgan fingerprint density at radius 3 is 2.94 bits per heavy atom. The minimum atomic E-state index is -0.0807. The lowest BCUT2D eigenvalue weighted by Crippen LogP contribution is -2.32. The summed E-state index contributed by atoms with van der Waals surface area (Å²) in [7, 11) is 0. The van der Waals surface area contributed by atoms with Gasteiger partial charge in [0.25, 0.3) is 0 Å². The monoisotopic (exact) mass is 232 g/mol. The van der Waals surface area contributed by atoms with Gasteiger partial charge in [-0.2, -0.15) is 5.26 Å². The number of hydrogen-bond acceptors (Lipinski definition) is 4. The second-order valence-corrected chi connectivity index (χ2v) is 4.07. The van der Waals surface area contributed by atoms with Gasteiger partial charge in [-0.3, -0.25) is 4.79 Å². The quantitative estimate of drug-likeness (QED) is 0.798. The zero-order valence-corrected chi connectivity index (χ0v) is 10.0. The molecule has 0 unspecified atom stereocenters. The predicted octanol–water partition coefficient (Wildman–Crippen LogP) is 1.14. The van der Waals surface area contributed by atoms with Gasteiger partial charge in [-0.25, -0.2) is 4.98 Å². The summed E-state index contributed by atoms with van der Waals surface area (Å²) in [5, 5.41) is 14.3. The predicted molar refractivity (Wildman–Crippen MR) is 65.3 cm³/mol. The van der Waals surface area contributed by atoms with E-state index in [1.54, 1.807) is 18.2 Å². The Labute approximate surface area is 101 Å². The van der Waals surface area contributed by atoms with E-state index >= 15 is 0 Å². The molecule has 1 aromatic heterocycles. The lowest BCUT2D eigenvalue weighted by atomic mass is 10.2. The summed E-state index contributed by atoms with van der Waals surface area (Å²) in [6.45, 7) is 4.89. The number of pyridine rings is 1. The van der Waals surface area contributed by atoms with E-state index in [0.29, 0.717) is 24.0 Å². The number of aromatic nitrogens is 1. The van der Waals surface area contributed by atoms with Gasteiger partial charge in [-0.15, -0.1) is 0 Å². The van der Waals surface area contributed by atoms with E-state index < -0.39 is 0 Å². The molecule has 5 nitrogen and oxygen atoms in total. The minimum Gasteiger partial charge on any atom is -0.361 e. The third-order valence-electron chi connectivity index (χ3n) is 2.00. The lowest BCUT2D eigenvalue weighted by molar-refractivity contribution is -0.119. The highest BCUT2D eigenvalue weighted by molar-refractivity contribution is 5.80. The van der Waals surface area contributed by atoms with Crippen LogP contribution in [0.15, 0.2) is 18.2 Å². The number of nitrogens with one attached hydrogen (secondary N) is 2. The van der Waals surface area contributed by atoms with Crippen molar-refractivity contribution in [1.82, 2.24) is 10.3 Å². The second kappa shape index (κ2) is 6.48. The van der Waals surface area contributed by atoms with E-state index in [2.05, 4.69) is 15.6 Å². The molecule has 0 radical (unpaired) electrons. The van der Waals surface area contributed by atoms with Crippen molar-refractivity contribution >= 4 is 11.7 Å². The van der Waals surface area contributed by atoms with Crippen LogP contribution in [0.25, 0.3) is 0 Å². The van der Waals surface area contributed by atoms with E-state index in [1.807, 2.05) is 19.9 Å². The average molecular weight is 232 g/mol. The zero-order valence-electron chi connectivity index (χ0n) is 10.0. The first-order chi connectivity index (χ1) is 8.11. The third-order valence-corrected chi connectivity index (χ3v) is 2.00. The van der Waals surface area contributed by atoms with Crippen molar-refractivity contribution in [3.8, 4) is 6.07 Å². The van der Waals surface area contributed by atoms with Crippen molar-refractivity contribution in [2.45, 2.75) is 13.8 Å². The summed E-state index contributed by atoms with van der Waals surface area (Å²) in [6.07, 6.45) is 0. The van der Waals surface area contributed by atoms with Crippen molar-refractivity contribution in [3.63, 3.8) is 0 Å². The smallest absolute Gasteiger partial charge is 0.239 e. The van der Waals surface area contributed by atoms with Crippen molar-refractivity contribution in [2.75, 3.05) is 18.4 Å². The molecule has 0 saturated carbocycles. The van der Waals surface area contributed by atoms with Crippen molar-refractivity contribution in [3.05, 3.63) is 23.9 Å².